The third kappa shape index (κ3) is 1.98. The standard InChI is InChI=1S/C9H8Cl2FN3O/c10-8-5(12)2-6(9(11)14-8)15-3-4(13)1-7(15)16/h2,4H,1,3,13H2. The summed E-state index contributed by atoms with van der Waals surface area (Å²) < 4.78 is 13.2. The molecule has 0 saturated carbocycles. The summed E-state index contributed by atoms with van der Waals surface area (Å²) >= 11 is 11.3. The molecule has 7 heteroatoms. The van der Waals surface area contributed by atoms with Gasteiger partial charge in [-0.1, -0.05) is 23.2 Å². The number of amides is 1. The molecule has 1 atom stereocenters. The monoisotopic (exact) mass is 263 g/mol. The van der Waals surface area contributed by atoms with E-state index < -0.39 is 5.82 Å². The molecule has 2 N–H and O–H groups in total. The van der Waals surface area contributed by atoms with Gasteiger partial charge in [0.2, 0.25) is 5.91 Å². The Hall–Kier alpha value is -0.910. The average molecular weight is 264 g/mol. The van der Waals surface area contributed by atoms with Crippen molar-refractivity contribution < 1.29 is 9.18 Å². The van der Waals surface area contributed by atoms with E-state index in [0.717, 1.165) is 6.07 Å². The summed E-state index contributed by atoms with van der Waals surface area (Å²) in [6, 6.07) is 0.829. The topological polar surface area (TPSA) is 59.2 Å². The van der Waals surface area contributed by atoms with Crippen molar-refractivity contribution in [3.05, 3.63) is 22.2 Å². The number of halogens is 3. The maximum atomic E-state index is 13.2. The smallest absolute Gasteiger partial charge is 0.228 e. The highest BCUT2D eigenvalue weighted by Crippen LogP contribution is 2.30. The molecule has 1 aromatic heterocycles. The summed E-state index contributed by atoms with van der Waals surface area (Å²) in [7, 11) is 0. The first-order chi connectivity index (χ1) is 7.49. The van der Waals surface area contributed by atoms with Gasteiger partial charge in [0.25, 0.3) is 0 Å². The fraction of sp³-hybridized carbons (Fsp3) is 0.333. The summed E-state index contributed by atoms with van der Waals surface area (Å²) in [5, 5.41) is -0.321. The van der Waals surface area contributed by atoms with Gasteiger partial charge >= 0.3 is 0 Å². The molecule has 1 aliphatic heterocycles. The molecule has 86 valence electrons. The molecule has 1 aliphatic rings. The Morgan fingerprint density at radius 2 is 2.19 bits per heavy atom. The SMILES string of the molecule is NC1CC(=O)N(c2cc(F)c(Cl)nc2Cl)C1. The van der Waals surface area contributed by atoms with Crippen molar-refractivity contribution in [1.82, 2.24) is 4.98 Å². The number of carbonyl (C=O) groups excluding carboxylic acids is 1. The predicted octanol–water partition coefficient (Wildman–Crippen LogP) is 1.59. The van der Waals surface area contributed by atoms with Gasteiger partial charge in [-0.3, -0.25) is 4.79 Å². The summed E-state index contributed by atoms with van der Waals surface area (Å²) in [5.41, 5.74) is 5.83. The Balaban J connectivity index is 2.41. The molecule has 4 nitrogen and oxygen atoms in total. The Bertz CT molecular complexity index is 455. The van der Waals surface area contributed by atoms with E-state index in [4.69, 9.17) is 28.9 Å². The van der Waals surface area contributed by atoms with Gasteiger partial charge in [0, 0.05) is 25.1 Å². The van der Waals surface area contributed by atoms with Crippen molar-refractivity contribution in [2.24, 2.45) is 5.73 Å². The van der Waals surface area contributed by atoms with Crippen LogP contribution in [0, 0.1) is 5.82 Å². The zero-order chi connectivity index (χ0) is 11.9. The minimum Gasteiger partial charge on any atom is -0.326 e. The van der Waals surface area contributed by atoms with E-state index in [0.29, 0.717) is 6.54 Å². The van der Waals surface area contributed by atoms with Gasteiger partial charge in [-0.25, -0.2) is 9.37 Å². The Morgan fingerprint density at radius 3 is 2.75 bits per heavy atom. The second kappa shape index (κ2) is 4.16. The molecule has 0 aromatic carbocycles. The summed E-state index contributed by atoms with van der Waals surface area (Å²) in [6.45, 7) is 0.307. The number of hydrogen-bond donors (Lipinski definition) is 1. The molecule has 0 aliphatic carbocycles. The van der Waals surface area contributed by atoms with Crippen molar-refractivity contribution in [2.45, 2.75) is 12.5 Å². The number of carbonyl (C=O) groups is 1. The molecule has 2 rings (SSSR count). The molecular weight excluding hydrogens is 256 g/mol. The third-order valence-electron chi connectivity index (χ3n) is 2.31. The molecule has 1 saturated heterocycles. The second-order valence-corrected chi connectivity index (χ2v) is 4.26. The Labute approximate surface area is 101 Å². The van der Waals surface area contributed by atoms with E-state index >= 15 is 0 Å². The fourth-order valence-electron chi connectivity index (χ4n) is 1.59. The number of rotatable bonds is 1. The van der Waals surface area contributed by atoms with Gasteiger partial charge in [-0.05, 0) is 0 Å². The molecule has 1 aromatic rings. The lowest BCUT2D eigenvalue weighted by atomic mass is 10.3. The van der Waals surface area contributed by atoms with Crippen LogP contribution in [0.1, 0.15) is 6.42 Å². The molecule has 16 heavy (non-hydrogen) atoms. The maximum absolute atomic E-state index is 13.2. The fourth-order valence-corrected chi connectivity index (χ4v) is 2.02. The van der Waals surface area contributed by atoms with E-state index in [-0.39, 0.29) is 34.4 Å². The molecule has 1 fully saturated rings. The summed E-state index contributed by atoms with van der Waals surface area (Å²) in [6.07, 6.45) is 0.223. The summed E-state index contributed by atoms with van der Waals surface area (Å²) in [4.78, 5) is 16.5. The van der Waals surface area contributed by atoms with Crippen LogP contribution in [-0.4, -0.2) is 23.5 Å². The van der Waals surface area contributed by atoms with Crippen LogP contribution in [0.2, 0.25) is 10.3 Å². The second-order valence-electron chi connectivity index (χ2n) is 3.54. The van der Waals surface area contributed by atoms with Crippen molar-refractivity contribution in [3.63, 3.8) is 0 Å². The zero-order valence-corrected chi connectivity index (χ0v) is 9.59. The quantitative estimate of drug-likeness (QED) is 0.783. The van der Waals surface area contributed by atoms with E-state index in [1.165, 1.54) is 4.90 Å². The first-order valence-corrected chi connectivity index (χ1v) is 5.32. The van der Waals surface area contributed by atoms with E-state index in [9.17, 15) is 9.18 Å². The number of anilines is 1. The molecule has 2 heterocycles. The Kier molecular flexibility index (Phi) is 3.01. The van der Waals surface area contributed by atoms with Crippen LogP contribution in [-0.2, 0) is 4.79 Å². The average Bonchev–Trinajstić information content (AvgIpc) is 2.51. The van der Waals surface area contributed by atoms with E-state index in [1.54, 1.807) is 0 Å². The highest BCUT2D eigenvalue weighted by Gasteiger charge is 2.30. The van der Waals surface area contributed by atoms with Gasteiger partial charge in [-0.15, -0.1) is 0 Å². The Morgan fingerprint density at radius 1 is 1.50 bits per heavy atom. The first-order valence-electron chi connectivity index (χ1n) is 4.56. The lowest BCUT2D eigenvalue weighted by molar-refractivity contribution is -0.117. The maximum Gasteiger partial charge on any atom is 0.228 e. The minimum atomic E-state index is -0.714. The van der Waals surface area contributed by atoms with Gasteiger partial charge in [0.1, 0.15) is 0 Å². The van der Waals surface area contributed by atoms with E-state index in [2.05, 4.69) is 4.98 Å². The lowest BCUT2D eigenvalue weighted by Gasteiger charge is -2.17. The first kappa shape index (κ1) is 11.6. The highest BCUT2D eigenvalue weighted by atomic mass is 35.5. The van der Waals surface area contributed by atoms with Crippen LogP contribution < -0.4 is 10.6 Å². The number of aromatic nitrogens is 1. The van der Waals surface area contributed by atoms with Crippen molar-refractivity contribution in [1.29, 1.82) is 0 Å². The van der Waals surface area contributed by atoms with Crippen molar-refractivity contribution in [3.8, 4) is 0 Å². The summed E-state index contributed by atoms with van der Waals surface area (Å²) in [5.74, 6) is -0.910. The number of nitrogens with zero attached hydrogens (tertiary/aromatic N) is 2. The lowest BCUT2D eigenvalue weighted by Crippen LogP contribution is -2.28. The number of pyridine rings is 1. The van der Waals surface area contributed by atoms with Crippen LogP contribution in [0.25, 0.3) is 0 Å². The molecular formula is C9H8Cl2FN3O. The van der Waals surface area contributed by atoms with Crippen molar-refractivity contribution >= 4 is 34.8 Å². The van der Waals surface area contributed by atoms with Crippen LogP contribution in [0.4, 0.5) is 10.1 Å². The molecule has 0 spiro atoms. The zero-order valence-electron chi connectivity index (χ0n) is 8.08. The predicted molar refractivity (Wildman–Crippen MR) is 59.2 cm³/mol. The van der Waals surface area contributed by atoms with Gasteiger partial charge < -0.3 is 10.6 Å². The number of nitrogens with two attached hydrogens (primary N) is 1. The van der Waals surface area contributed by atoms with Crippen LogP contribution in [0.3, 0.4) is 0 Å². The van der Waals surface area contributed by atoms with Gasteiger partial charge in [-0.2, -0.15) is 0 Å². The molecule has 1 amide bonds. The molecule has 0 bridgehead atoms. The van der Waals surface area contributed by atoms with Gasteiger partial charge in [0.15, 0.2) is 16.1 Å². The van der Waals surface area contributed by atoms with Crippen LogP contribution in [0.5, 0.6) is 0 Å². The van der Waals surface area contributed by atoms with Gasteiger partial charge in [0.05, 0.1) is 5.69 Å². The van der Waals surface area contributed by atoms with E-state index in [1.807, 2.05) is 0 Å². The van der Waals surface area contributed by atoms with Crippen LogP contribution in [0.15, 0.2) is 6.07 Å². The molecule has 0 radical (unpaired) electrons. The van der Waals surface area contributed by atoms with Crippen LogP contribution >= 0.6 is 23.2 Å². The largest absolute Gasteiger partial charge is 0.326 e. The third-order valence-corrected chi connectivity index (χ3v) is 2.86. The minimum absolute atomic E-state index is 0.00569. The normalized spacial score (nSPS) is 20.6. The highest BCUT2D eigenvalue weighted by molar-refractivity contribution is 6.34. The van der Waals surface area contributed by atoms with Crippen molar-refractivity contribution in [2.75, 3.05) is 11.4 Å². The molecule has 1 unspecified atom stereocenters. The number of hydrogen-bond acceptors (Lipinski definition) is 3.